The van der Waals surface area contributed by atoms with E-state index in [-0.39, 0.29) is 24.7 Å². The second kappa shape index (κ2) is 9.85. The zero-order valence-electron chi connectivity index (χ0n) is 21.4. The number of nitrogens with zero attached hydrogens (tertiary/aromatic N) is 6. The fourth-order valence-electron chi connectivity index (χ4n) is 6.73. The number of hydrogen-bond donors (Lipinski definition) is 1. The summed E-state index contributed by atoms with van der Waals surface area (Å²) in [5.74, 6) is 2.14. The van der Waals surface area contributed by atoms with E-state index < -0.39 is 5.54 Å². The molecular formula is C27H39ClN6O. The van der Waals surface area contributed by atoms with E-state index in [4.69, 9.17) is 16.6 Å². The van der Waals surface area contributed by atoms with E-state index in [1.54, 1.807) is 0 Å². The van der Waals surface area contributed by atoms with Crippen LogP contribution in [0.2, 0.25) is 5.02 Å². The Balaban J connectivity index is 1.41. The second-order valence-corrected chi connectivity index (χ2v) is 11.2. The van der Waals surface area contributed by atoms with Gasteiger partial charge in [0, 0.05) is 31.4 Å². The third-order valence-electron chi connectivity index (χ3n) is 8.73. The van der Waals surface area contributed by atoms with Crippen molar-refractivity contribution in [2.45, 2.75) is 68.7 Å². The minimum Gasteiger partial charge on any atom is -0.394 e. The SMILES string of the molecule is CN(C)C1CCN(C2=CC=CC3=N[C@@](C)([C@H]4CCC[C@@H](c5ncccc5Cl)N4C)C(CO)N23)CC1. The number of hydrogen-bond acceptors (Lipinski definition) is 7. The van der Waals surface area contributed by atoms with Gasteiger partial charge in [0.1, 0.15) is 11.7 Å². The monoisotopic (exact) mass is 498 g/mol. The number of allylic oxidation sites excluding steroid dienone is 2. The molecule has 4 aliphatic rings. The second-order valence-electron chi connectivity index (χ2n) is 10.8. The predicted octanol–water partition coefficient (Wildman–Crippen LogP) is 3.53. The van der Waals surface area contributed by atoms with E-state index in [1.165, 1.54) is 5.82 Å². The molecule has 0 bridgehead atoms. The molecule has 1 aromatic heterocycles. The summed E-state index contributed by atoms with van der Waals surface area (Å²) in [4.78, 5) is 19.5. The van der Waals surface area contributed by atoms with Crippen molar-refractivity contribution in [1.29, 1.82) is 0 Å². The van der Waals surface area contributed by atoms with Crippen molar-refractivity contribution in [2.75, 3.05) is 40.8 Å². The largest absolute Gasteiger partial charge is 0.394 e. The van der Waals surface area contributed by atoms with Crippen LogP contribution in [0.5, 0.6) is 0 Å². The van der Waals surface area contributed by atoms with E-state index in [9.17, 15) is 5.11 Å². The summed E-state index contributed by atoms with van der Waals surface area (Å²) in [5.41, 5.74) is 0.493. The highest BCUT2D eigenvalue weighted by Crippen LogP contribution is 2.45. The summed E-state index contributed by atoms with van der Waals surface area (Å²) >= 11 is 6.57. The number of likely N-dealkylation sites (N-methyl/N-ethyl adjacent to an activating group) is 1. The van der Waals surface area contributed by atoms with Gasteiger partial charge in [0.25, 0.3) is 0 Å². The zero-order chi connectivity index (χ0) is 24.7. The smallest absolute Gasteiger partial charge is 0.130 e. The molecule has 5 rings (SSSR count). The number of aliphatic hydroxyl groups excluding tert-OH is 1. The Morgan fingerprint density at radius 1 is 1.20 bits per heavy atom. The van der Waals surface area contributed by atoms with E-state index in [1.807, 2.05) is 18.3 Å². The number of fused-ring (bicyclic) bond motifs is 1. The molecule has 1 N–H and O–H groups in total. The van der Waals surface area contributed by atoms with Gasteiger partial charge in [0.05, 0.1) is 34.9 Å². The number of aliphatic imine (C=N–C) groups is 1. The van der Waals surface area contributed by atoms with Crippen molar-refractivity contribution in [3.8, 4) is 0 Å². The molecule has 35 heavy (non-hydrogen) atoms. The fraction of sp³-hybridized carbons (Fsp3) is 0.630. The number of aliphatic hydroxyl groups is 1. The fourth-order valence-corrected chi connectivity index (χ4v) is 6.98. The lowest BCUT2D eigenvalue weighted by atomic mass is 9.78. The van der Waals surface area contributed by atoms with Gasteiger partial charge in [-0.3, -0.25) is 14.9 Å². The molecule has 2 saturated heterocycles. The summed E-state index contributed by atoms with van der Waals surface area (Å²) < 4.78 is 0. The van der Waals surface area contributed by atoms with Gasteiger partial charge in [-0.1, -0.05) is 17.7 Å². The number of piperidine rings is 2. The van der Waals surface area contributed by atoms with Gasteiger partial charge >= 0.3 is 0 Å². The van der Waals surface area contributed by atoms with Gasteiger partial charge < -0.3 is 19.8 Å². The molecule has 0 aliphatic carbocycles. The van der Waals surface area contributed by atoms with Gasteiger partial charge in [-0.15, -0.1) is 0 Å². The average molecular weight is 499 g/mol. The minimum absolute atomic E-state index is 0.0577. The molecule has 0 radical (unpaired) electrons. The Bertz CT molecular complexity index is 1020. The summed E-state index contributed by atoms with van der Waals surface area (Å²) in [6, 6.07) is 4.64. The number of likely N-dealkylation sites (tertiary alicyclic amines) is 2. The Hall–Kier alpha value is -1.93. The number of pyridine rings is 1. The summed E-state index contributed by atoms with van der Waals surface area (Å²) in [5, 5.41) is 11.5. The van der Waals surface area contributed by atoms with Crippen LogP contribution in [0.4, 0.5) is 0 Å². The molecule has 7 nitrogen and oxygen atoms in total. The van der Waals surface area contributed by atoms with Gasteiger partial charge in [0.15, 0.2) is 0 Å². The highest BCUT2D eigenvalue weighted by molar-refractivity contribution is 6.31. The molecule has 8 heteroatoms. The minimum atomic E-state index is -0.450. The summed E-state index contributed by atoms with van der Waals surface area (Å²) in [7, 11) is 6.52. The van der Waals surface area contributed by atoms with E-state index in [0.717, 1.165) is 61.7 Å². The normalized spacial score (nSPS) is 32.1. The molecule has 4 atom stereocenters. The van der Waals surface area contributed by atoms with Crippen LogP contribution >= 0.6 is 11.6 Å². The van der Waals surface area contributed by atoms with Crippen LogP contribution in [0, 0.1) is 0 Å². The molecule has 0 saturated carbocycles. The highest BCUT2D eigenvalue weighted by Gasteiger charge is 2.54. The topological polar surface area (TPSA) is 58.4 Å². The molecule has 0 amide bonds. The number of aromatic nitrogens is 1. The lowest BCUT2D eigenvalue weighted by Crippen LogP contribution is -2.60. The Morgan fingerprint density at radius 2 is 1.97 bits per heavy atom. The van der Waals surface area contributed by atoms with Gasteiger partial charge in [-0.2, -0.15) is 0 Å². The third kappa shape index (κ3) is 4.31. The van der Waals surface area contributed by atoms with Gasteiger partial charge in [0.2, 0.25) is 0 Å². The summed E-state index contributed by atoms with van der Waals surface area (Å²) in [6.07, 6.45) is 13.7. The van der Waals surface area contributed by atoms with Crippen molar-refractivity contribution >= 4 is 17.4 Å². The van der Waals surface area contributed by atoms with Crippen molar-refractivity contribution in [2.24, 2.45) is 4.99 Å². The molecule has 190 valence electrons. The quantitative estimate of drug-likeness (QED) is 0.670. The first-order valence-electron chi connectivity index (χ1n) is 13.0. The number of amidine groups is 1. The van der Waals surface area contributed by atoms with Crippen LogP contribution < -0.4 is 0 Å². The molecule has 4 aliphatic heterocycles. The number of rotatable bonds is 5. The first-order chi connectivity index (χ1) is 16.8. The molecule has 0 aromatic carbocycles. The molecule has 5 heterocycles. The first kappa shape index (κ1) is 24.8. The van der Waals surface area contributed by atoms with Crippen LogP contribution in [0.25, 0.3) is 0 Å². The standard InChI is InChI=1S/C27H39ClN6O/c1-27(22-10-5-9-21(32(22)4)26-20(28)8-7-15-29-26)23(18-35)34-24(30-27)11-6-12-25(34)33-16-13-19(14-17-33)31(2)3/h6-8,11-12,15,19,21-23,35H,5,9-10,13-14,16-18H2,1-4H3/t21-,22+,23?,27-/m0/s1. The molecule has 2 fully saturated rings. The van der Waals surface area contributed by atoms with Crippen molar-refractivity contribution in [3.63, 3.8) is 0 Å². The van der Waals surface area contributed by atoms with Crippen LogP contribution in [-0.2, 0) is 0 Å². The Morgan fingerprint density at radius 3 is 2.66 bits per heavy atom. The maximum atomic E-state index is 10.8. The molecule has 0 spiro atoms. The average Bonchev–Trinajstić information content (AvgIpc) is 3.16. The highest BCUT2D eigenvalue weighted by atomic mass is 35.5. The molecule has 1 aromatic rings. The Kier molecular flexibility index (Phi) is 6.96. The lowest BCUT2D eigenvalue weighted by Gasteiger charge is -2.49. The lowest BCUT2D eigenvalue weighted by molar-refractivity contribution is 0.0236. The molecule has 1 unspecified atom stereocenters. The first-order valence-corrected chi connectivity index (χ1v) is 13.3. The van der Waals surface area contributed by atoms with Crippen molar-refractivity contribution < 1.29 is 5.11 Å². The maximum absolute atomic E-state index is 10.8. The maximum Gasteiger partial charge on any atom is 0.130 e. The van der Waals surface area contributed by atoms with Crippen molar-refractivity contribution in [1.82, 2.24) is 24.6 Å². The zero-order valence-corrected chi connectivity index (χ0v) is 22.2. The van der Waals surface area contributed by atoms with Crippen LogP contribution in [0.1, 0.15) is 50.8 Å². The number of halogens is 1. The van der Waals surface area contributed by atoms with Gasteiger partial charge in [-0.25, -0.2) is 0 Å². The van der Waals surface area contributed by atoms with E-state index >= 15 is 0 Å². The van der Waals surface area contributed by atoms with Crippen molar-refractivity contribution in [3.05, 3.63) is 53.1 Å². The van der Waals surface area contributed by atoms with E-state index in [0.29, 0.717) is 6.04 Å². The predicted molar refractivity (Wildman–Crippen MR) is 141 cm³/mol. The van der Waals surface area contributed by atoms with E-state index in [2.05, 4.69) is 70.9 Å². The van der Waals surface area contributed by atoms with Gasteiger partial charge in [-0.05, 0) is 84.5 Å². The Labute approximate surface area is 214 Å². The van der Waals surface area contributed by atoms with Crippen LogP contribution in [-0.4, -0.2) is 100 Å². The summed E-state index contributed by atoms with van der Waals surface area (Å²) in [6.45, 7) is 4.32. The molecular weight excluding hydrogens is 460 g/mol. The van der Waals surface area contributed by atoms with Crippen LogP contribution in [0.3, 0.4) is 0 Å². The van der Waals surface area contributed by atoms with Crippen LogP contribution in [0.15, 0.2) is 47.4 Å². The third-order valence-corrected chi connectivity index (χ3v) is 9.05.